The maximum Gasteiger partial charge on any atom is 0.164 e. The summed E-state index contributed by atoms with van der Waals surface area (Å²) in [6.45, 7) is 5.21. The van der Waals surface area contributed by atoms with Gasteiger partial charge in [0.1, 0.15) is 5.37 Å². The molecule has 3 unspecified atom stereocenters. The highest BCUT2D eigenvalue weighted by atomic mass is 32.2. The Kier molecular flexibility index (Phi) is 5.57. The molecule has 4 nitrogen and oxygen atoms in total. The monoisotopic (exact) mass is 306 g/mol. The van der Waals surface area contributed by atoms with E-state index in [4.69, 9.17) is 0 Å². The van der Waals surface area contributed by atoms with Gasteiger partial charge < -0.3 is 5.32 Å². The summed E-state index contributed by atoms with van der Waals surface area (Å²) in [4.78, 5) is 2.27. The quantitative estimate of drug-likeness (QED) is 0.747. The van der Waals surface area contributed by atoms with Gasteiger partial charge in [-0.05, 0) is 38.3 Å². The third-order valence-corrected chi connectivity index (χ3v) is 6.91. The highest BCUT2D eigenvalue weighted by Gasteiger charge is 2.42. The van der Waals surface area contributed by atoms with Gasteiger partial charge in [-0.1, -0.05) is 6.92 Å². The van der Waals surface area contributed by atoms with Gasteiger partial charge in [0, 0.05) is 30.3 Å². The van der Waals surface area contributed by atoms with Crippen LogP contribution in [0.2, 0.25) is 0 Å². The summed E-state index contributed by atoms with van der Waals surface area (Å²) >= 11 is 1.77. The average Bonchev–Trinajstić information content (AvgIpc) is 2.32. The number of nitrogens with zero attached hydrogens (tertiary/aromatic N) is 1. The smallest absolute Gasteiger partial charge is 0.164 e. The summed E-state index contributed by atoms with van der Waals surface area (Å²) in [5, 5.41) is 3.22. The van der Waals surface area contributed by atoms with Crippen LogP contribution in [0.5, 0.6) is 0 Å². The van der Waals surface area contributed by atoms with Crippen molar-refractivity contribution in [3.63, 3.8) is 0 Å². The van der Waals surface area contributed by atoms with Crippen LogP contribution in [0, 0.1) is 5.92 Å². The predicted octanol–water partition coefficient (Wildman–Crippen LogP) is 1.18. The molecule has 112 valence electrons. The maximum absolute atomic E-state index is 11.9. The van der Waals surface area contributed by atoms with Gasteiger partial charge in [-0.15, -0.1) is 0 Å². The number of hydrogen-bond acceptors (Lipinski definition) is 5. The summed E-state index contributed by atoms with van der Waals surface area (Å²) in [7, 11) is -2.96. The van der Waals surface area contributed by atoms with Crippen molar-refractivity contribution in [2.75, 3.05) is 37.4 Å². The van der Waals surface area contributed by atoms with E-state index < -0.39 is 9.84 Å². The molecular formula is C13H26N2O2S2. The van der Waals surface area contributed by atoms with Crippen molar-refractivity contribution in [1.29, 1.82) is 0 Å². The first kappa shape index (κ1) is 15.6. The van der Waals surface area contributed by atoms with Crippen LogP contribution >= 0.6 is 11.8 Å². The minimum absolute atomic E-state index is 0.259. The van der Waals surface area contributed by atoms with Gasteiger partial charge in [0.05, 0.1) is 0 Å². The zero-order valence-corrected chi connectivity index (χ0v) is 13.6. The van der Waals surface area contributed by atoms with E-state index in [2.05, 4.69) is 17.1 Å². The molecule has 2 rings (SSSR count). The summed E-state index contributed by atoms with van der Waals surface area (Å²) in [5.41, 5.74) is 0. The van der Waals surface area contributed by atoms with Crippen molar-refractivity contribution in [2.24, 2.45) is 5.92 Å². The Bertz CT molecular complexity index is 386. The van der Waals surface area contributed by atoms with Gasteiger partial charge in [0.2, 0.25) is 0 Å². The van der Waals surface area contributed by atoms with Crippen molar-refractivity contribution in [3.05, 3.63) is 0 Å². The van der Waals surface area contributed by atoms with E-state index in [0.29, 0.717) is 12.0 Å². The van der Waals surface area contributed by atoms with Crippen LogP contribution in [0.25, 0.3) is 0 Å². The lowest BCUT2D eigenvalue weighted by atomic mass is 9.78. The van der Waals surface area contributed by atoms with Gasteiger partial charge in [-0.3, -0.25) is 4.90 Å². The maximum atomic E-state index is 11.9. The molecular weight excluding hydrogens is 280 g/mol. The second kappa shape index (κ2) is 6.78. The molecule has 6 heteroatoms. The minimum Gasteiger partial charge on any atom is -0.316 e. The standard InChI is InChI=1S/C13H26N2O2S2/c1-3-6-14-9-11-4-5-12(11)15-7-8-18-10-13(15)19(2,16)17/h11-14H,3-10H2,1-2H3. The number of thioether (sulfide) groups is 1. The molecule has 1 saturated heterocycles. The molecule has 3 atom stereocenters. The van der Waals surface area contributed by atoms with Crippen molar-refractivity contribution in [2.45, 2.75) is 37.6 Å². The zero-order valence-electron chi connectivity index (χ0n) is 12.0. The predicted molar refractivity (Wildman–Crippen MR) is 82.3 cm³/mol. The molecule has 1 saturated carbocycles. The molecule has 0 amide bonds. The lowest BCUT2D eigenvalue weighted by Gasteiger charge is -2.48. The van der Waals surface area contributed by atoms with E-state index in [1.165, 1.54) is 12.7 Å². The lowest BCUT2D eigenvalue weighted by Crippen LogP contribution is -2.58. The van der Waals surface area contributed by atoms with Crippen molar-refractivity contribution < 1.29 is 8.42 Å². The number of rotatable bonds is 6. The molecule has 0 spiro atoms. The molecule has 2 aliphatic rings. The average molecular weight is 306 g/mol. The molecule has 0 aromatic carbocycles. The van der Waals surface area contributed by atoms with Crippen LogP contribution in [-0.4, -0.2) is 62.1 Å². The summed E-state index contributed by atoms with van der Waals surface area (Å²) in [5.74, 6) is 2.45. The zero-order chi connectivity index (χ0) is 13.9. The van der Waals surface area contributed by atoms with Crippen molar-refractivity contribution >= 4 is 21.6 Å². The topological polar surface area (TPSA) is 49.4 Å². The second-order valence-corrected chi connectivity index (χ2v) is 9.06. The highest BCUT2D eigenvalue weighted by molar-refractivity contribution is 8.00. The first-order chi connectivity index (χ1) is 9.04. The second-order valence-electron chi connectivity index (χ2n) is 5.71. The summed E-state index contributed by atoms with van der Waals surface area (Å²) in [6.07, 6.45) is 4.94. The molecule has 1 heterocycles. The highest BCUT2D eigenvalue weighted by Crippen LogP contribution is 2.36. The van der Waals surface area contributed by atoms with Crippen LogP contribution in [0.1, 0.15) is 26.2 Å². The fourth-order valence-corrected chi connectivity index (χ4v) is 5.96. The Morgan fingerprint density at radius 3 is 2.74 bits per heavy atom. The SMILES string of the molecule is CCCNCC1CCC1N1CCSCC1S(C)(=O)=O. The van der Waals surface area contributed by atoms with Crippen molar-refractivity contribution in [1.82, 2.24) is 10.2 Å². The normalized spacial score (nSPS) is 33.1. The molecule has 19 heavy (non-hydrogen) atoms. The largest absolute Gasteiger partial charge is 0.316 e. The van der Waals surface area contributed by atoms with E-state index in [9.17, 15) is 8.42 Å². The molecule has 2 fully saturated rings. The molecule has 1 aliphatic carbocycles. The Hall–Kier alpha value is 0.220. The molecule has 1 N–H and O–H groups in total. The van der Waals surface area contributed by atoms with E-state index in [1.54, 1.807) is 11.8 Å². The first-order valence-electron chi connectivity index (χ1n) is 7.27. The molecule has 0 aromatic heterocycles. The Labute approximate surface area is 121 Å². The van der Waals surface area contributed by atoms with Gasteiger partial charge in [-0.25, -0.2) is 8.42 Å². The van der Waals surface area contributed by atoms with Crippen LogP contribution in [0.4, 0.5) is 0 Å². The van der Waals surface area contributed by atoms with Crippen molar-refractivity contribution in [3.8, 4) is 0 Å². The Balaban J connectivity index is 1.95. The van der Waals surface area contributed by atoms with Gasteiger partial charge >= 0.3 is 0 Å². The van der Waals surface area contributed by atoms with E-state index in [-0.39, 0.29) is 5.37 Å². The molecule has 1 aliphatic heterocycles. The molecule has 0 bridgehead atoms. The van der Waals surface area contributed by atoms with Gasteiger partial charge in [-0.2, -0.15) is 11.8 Å². The van der Waals surface area contributed by atoms with Crippen LogP contribution in [0.3, 0.4) is 0 Å². The first-order valence-corrected chi connectivity index (χ1v) is 10.4. The van der Waals surface area contributed by atoms with Gasteiger partial charge in [0.25, 0.3) is 0 Å². The van der Waals surface area contributed by atoms with E-state index in [0.717, 1.165) is 44.0 Å². The fourth-order valence-electron chi connectivity index (χ4n) is 3.03. The van der Waals surface area contributed by atoms with Crippen LogP contribution in [0.15, 0.2) is 0 Å². The minimum atomic E-state index is -2.96. The van der Waals surface area contributed by atoms with E-state index >= 15 is 0 Å². The van der Waals surface area contributed by atoms with Crippen LogP contribution < -0.4 is 5.32 Å². The lowest BCUT2D eigenvalue weighted by molar-refractivity contribution is 0.0587. The number of nitrogens with one attached hydrogen (secondary N) is 1. The van der Waals surface area contributed by atoms with E-state index in [1.807, 2.05) is 0 Å². The van der Waals surface area contributed by atoms with Crippen LogP contribution in [-0.2, 0) is 9.84 Å². The Morgan fingerprint density at radius 2 is 2.16 bits per heavy atom. The fraction of sp³-hybridized carbons (Fsp3) is 1.00. The Morgan fingerprint density at radius 1 is 1.37 bits per heavy atom. The number of hydrogen-bond donors (Lipinski definition) is 1. The molecule has 0 radical (unpaired) electrons. The number of sulfone groups is 1. The van der Waals surface area contributed by atoms with Gasteiger partial charge in [0.15, 0.2) is 9.84 Å². The third kappa shape index (κ3) is 3.86. The summed E-state index contributed by atoms with van der Waals surface area (Å²) in [6, 6.07) is 0.477. The molecule has 0 aromatic rings. The summed E-state index contributed by atoms with van der Waals surface area (Å²) < 4.78 is 23.9. The third-order valence-electron chi connectivity index (χ3n) is 4.26.